The fraction of sp³-hybridized carbons (Fsp3) is 0.933. The molecule has 0 radical (unpaired) electrons. The molecule has 0 aromatic carbocycles. The first-order chi connectivity index (χ1) is 8.63. The van der Waals surface area contributed by atoms with E-state index in [1.54, 1.807) is 0 Å². The third kappa shape index (κ3) is 2.87. The summed E-state index contributed by atoms with van der Waals surface area (Å²) in [5.74, 6) is 1.84. The second-order valence-electron chi connectivity index (χ2n) is 6.40. The molecule has 2 N–H and O–H groups in total. The predicted molar refractivity (Wildman–Crippen MR) is 74.1 cm³/mol. The van der Waals surface area contributed by atoms with Gasteiger partial charge in [-0.2, -0.15) is 0 Å². The molecule has 0 spiro atoms. The van der Waals surface area contributed by atoms with Crippen molar-refractivity contribution in [2.45, 2.75) is 57.9 Å². The summed E-state index contributed by atoms with van der Waals surface area (Å²) in [4.78, 5) is 14.6. The Balaban J connectivity index is 1.91. The minimum absolute atomic E-state index is 0.208. The van der Waals surface area contributed by atoms with Crippen LogP contribution in [-0.2, 0) is 4.79 Å². The molecule has 3 nitrogen and oxygen atoms in total. The normalized spacial score (nSPS) is 36.6. The molecule has 18 heavy (non-hydrogen) atoms. The minimum Gasteiger partial charge on any atom is -0.343 e. The highest BCUT2D eigenvalue weighted by atomic mass is 16.2. The summed E-state index contributed by atoms with van der Waals surface area (Å²) in [6, 6.07) is 0.479. The van der Waals surface area contributed by atoms with Crippen molar-refractivity contribution in [3.05, 3.63) is 0 Å². The lowest BCUT2D eigenvalue weighted by Crippen LogP contribution is -2.44. The van der Waals surface area contributed by atoms with E-state index in [2.05, 4.69) is 6.92 Å². The summed E-state index contributed by atoms with van der Waals surface area (Å²) in [6.45, 7) is 2.99. The Morgan fingerprint density at radius 1 is 1.17 bits per heavy atom. The Labute approximate surface area is 111 Å². The SMILES string of the molecule is CC1CCC(N(C)C(=O)C2CCCC2CN)CC1. The van der Waals surface area contributed by atoms with E-state index in [0.29, 0.717) is 24.4 Å². The van der Waals surface area contributed by atoms with Gasteiger partial charge in [-0.15, -0.1) is 0 Å². The number of rotatable bonds is 3. The zero-order valence-corrected chi connectivity index (χ0v) is 11.9. The predicted octanol–water partition coefficient (Wildman–Crippen LogP) is 2.40. The van der Waals surface area contributed by atoms with Gasteiger partial charge in [-0.3, -0.25) is 4.79 Å². The summed E-state index contributed by atoms with van der Waals surface area (Å²) in [5, 5.41) is 0. The highest BCUT2D eigenvalue weighted by Crippen LogP contribution is 2.34. The molecule has 2 aliphatic rings. The average molecular weight is 252 g/mol. The molecule has 0 heterocycles. The first kappa shape index (κ1) is 13.9. The van der Waals surface area contributed by atoms with Gasteiger partial charge in [-0.05, 0) is 56.9 Å². The van der Waals surface area contributed by atoms with E-state index in [1.807, 2.05) is 11.9 Å². The van der Waals surface area contributed by atoms with Gasteiger partial charge in [0.15, 0.2) is 0 Å². The van der Waals surface area contributed by atoms with Crippen molar-refractivity contribution >= 4 is 5.91 Å². The van der Waals surface area contributed by atoms with Crippen molar-refractivity contribution < 1.29 is 4.79 Å². The van der Waals surface area contributed by atoms with Gasteiger partial charge in [0.25, 0.3) is 0 Å². The third-order valence-electron chi connectivity index (χ3n) is 5.16. The number of hydrogen-bond donors (Lipinski definition) is 1. The summed E-state index contributed by atoms with van der Waals surface area (Å²) in [5.41, 5.74) is 5.79. The number of amides is 1. The van der Waals surface area contributed by atoms with Crippen molar-refractivity contribution in [3.8, 4) is 0 Å². The molecule has 2 fully saturated rings. The summed E-state index contributed by atoms with van der Waals surface area (Å²) in [6.07, 6.45) is 8.28. The van der Waals surface area contributed by atoms with Crippen LogP contribution < -0.4 is 5.73 Å². The van der Waals surface area contributed by atoms with Crippen LogP contribution >= 0.6 is 0 Å². The van der Waals surface area contributed by atoms with E-state index in [1.165, 1.54) is 32.1 Å². The highest BCUT2D eigenvalue weighted by molar-refractivity contribution is 5.79. The maximum Gasteiger partial charge on any atom is 0.225 e. The Morgan fingerprint density at radius 3 is 2.44 bits per heavy atom. The van der Waals surface area contributed by atoms with Gasteiger partial charge in [0.1, 0.15) is 0 Å². The van der Waals surface area contributed by atoms with Gasteiger partial charge >= 0.3 is 0 Å². The quantitative estimate of drug-likeness (QED) is 0.838. The number of carbonyl (C=O) groups is 1. The van der Waals surface area contributed by atoms with Crippen LogP contribution in [0.3, 0.4) is 0 Å². The lowest BCUT2D eigenvalue weighted by molar-refractivity contribution is -0.138. The maximum atomic E-state index is 12.6. The molecule has 2 saturated carbocycles. The lowest BCUT2D eigenvalue weighted by Gasteiger charge is -2.35. The minimum atomic E-state index is 0.208. The first-order valence-corrected chi connectivity index (χ1v) is 7.60. The monoisotopic (exact) mass is 252 g/mol. The molecule has 0 bridgehead atoms. The van der Waals surface area contributed by atoms with Crippen LogP contribution in [0.5, 0.6) is 0 Å². The molecule has 0 aromatic heterocycles. The van der Waals surface area contributed by atoms with Crippen molar-refractivity contribution in [3.63, 3.8) is 0 Å². The van der Waals surface area contributed by atoms with E-state index in [4.69, 9.17) is 5.73 Å². The molecule has 104 valence electrons. The van der Waals surface area contributed by atoms with E-state index in [9.17, 15) is 4.79 Å². The second kappa shape index (κ2) is 6.05. The van der Waals surface area contributed by atoms with Crippen LogP contribution in [0.1, 0.15) is 51.9 Å². The zero-order chi connectivity index (χ0) is 13.1. The molecule has 2 unspecified atom stereocenters. The number of carbonyl (C=O) groups excluding carboxylic acids is 1. The number of nitrogens with zero attached hydrogens (tertiary/aromatic N) is 1. The van der Waals surface area contributed by atoms with E-state index < -0.39 is 0 Å². The van der Waals surface area contributed by atoms with E-state index in [-0.39, 0.29) is 5.92 Å². The first-order valence-electron chi connectivity index (χ1n) is 7.60. The second-order valence-corrected chi connectivity index (χ2v) is 6.40. The third-order valence-corrected chi connectivity index (χ3v) is 5.16. The lowest BCUT2D eigenvalue weighted by atomic mass is 9.86. The highest BCUT2D eigenvalue weighted by Gasteiger charge is 2.36. The summed E-state index contributed by atoms with van der Waals surface area (Å²) >= 11 is 0. The smallest absolute Gasteiger partial charge is 0.225 e. The van der Waals surface area contributed by atoms with Gasteiger partial charge in [0.05, 0.1) is 0 Å². The molecule has 0 aromatic rings. The van der Waals surface area contributed by atoms with Crippen LogP contribution in [0.4, 0.5) is 0 Å². The largest absolute Gasteiger partial charge is 0.343 e. The zero-order valence-electron chi connectivity index (χ0n) is 11.9. The Morgan fingerprint density at radius 2 is 1.83 bits per heavy atom. The van der Waals surface area contributed by atoms with Crippen LogP contribution in [0.25, 0.3) is 0 Å². The van der Waals surface area contributed by atoms with Gasteiger partial charge in [0, 0.05) is 19.0 Å². The number of hydrogen-bond acceptors (Lipinski definition) is 2. The summed E-state index contributed by atoms with van der Waals surface area (Å²) in [7, 11) is 2.01. The van der Waals surface area contributed by atoms with Crippen LogP contribution in [-0.4, -0.2) is 30.4 Å². The standard InChI is InChI=1S/C15H28N2O/c1-11-6-8-13(9-7-11)17(2)15(18)14-5-3-4-12(14)10-16/h11-14H,3-10,16H2,1-2H3. The molecule has 2 atom stereocenters. The molecule has 0 aliphatic heterocycles. The maximum absolute atomic E-state index is 12.6. The Bertz CT molecular complexity index is 284. The van der Waals surface area contributed by atoms with E-state index >= 15 is 0 Å². The van der Waals surface area contributed by atoms with E-state index in [0.717, 1.165) is 18.8 Å². The van der Waals surface area contributed by atoms with Crippen molar-refractivity contribution in [1.29, 1.82) is 0 Å². The molecule has 0 saturated heterocycles. The van der Waals surface area contributed by atoms with Gasteiger partial charge in [-0.25, -0.2) is 0 Å². The fourth-order valence-electron chi connectivity index (χ4n) is 3.72. The molecular formula is C15H28N2O. The van der Waals surface area contributed by atoms with Crippen molar-refractivity contribution in [2.24, 2.45) is 23.5 Å². The van der Waals surface area contributed by atoms with Gasteiger partial charge in [0.2, 0.25) is 5.91 Å². The van der Waals surface area contributed by atoms with Crippen LogP contribution in [0.2, 0.25) is 0 Å². The van der Waals surface area contributed by atoms with Crippen LogP contribution in [0, 0.1) is 17.8 Å². The topological polar surface area (TPSA) is 46.3 Å². The Kier molecular flexibility index (Phi) is 4.66. The molecule has 2 rings (SSSR count). The van der Waals surface area contributed by atoms with Gasteiger partial charge < -0.3 is 10.6 Å². The molecular weight excluding hydrogens is 224 g/mol. The van der Waals surface area contributed by atoms with Crippen molar-refractivity contribution in [2.75, 3.05) is 13.6 Å². The molecule has 1 amide bonds. The number of nitrogens with two attached hydrogens (primary N) is 1. The molecule has 2 aliphatic carbocycles. The Hall–Kier alpha value is -0.570. The molecule has 3 heteroatoms. The fourth-order valence-corrected chi connectivity index (χ4v) is 3.72. The average Bonchev–Trinajstić information content (AvgIpc) is 2.86. The van der Waals surface area contributed by atoms with Gasteiger partial charge in [-0.1, -0.05) is 13.3 Å². The summed E-state index contributed by atoms with van der Waals surface area (Å²) < 4.78 is 0. The van der Waals surface area contributed by atoms with Crippen molar-refractivity contribution in [1.82, 2.24) is 4.90 Å². The van der Waals surface area contributed by atoms with Crippen LogP contribution in [0.15, 0.2) is 0 Å².